The zero-order chi connectivity index (χ0) is 15.1. The summed E-state index contributed by atoms with van der Waals surface area (Å²) in [5, 5.41) is 7.63. The molecule has 0 bridgehead atoms. The topological polar surface area (TPSA) is 59.1 Å². The Labute approximate surface area is 131 Å². The van der Waals surface area contributed by atoms with E-state index in [1.54, 1.807) is 18.9 Å². The second kappa shape index (κ2) is 7.84. The molecule has 0 amide bonds. The maximum absolute atomic E-state index is 5.20. The molecule has 1 aliphatic carbocycles. The van der Waals surface area contributed by atoms with E-state index in [2.05, 4.69) is 27.5 Å². The van der Waals surface area contributed by atoms with E-state index >= 15 is 0 Å². The van der Waals surface area contributed by atoms with Crippen molar-refractivity contribution < 1.29 is 4.74 Å². The summed E-state index contributed by atoms with van der Waals surface area (Å²) in [6, 6.07) is 2.00. The average Bonchev–Trinajstić information content (AvgIpc) is 3.29. The Bertz CT molecular complexity index is 451. The predicted octanol–water partition coefficient (Wildman–Crippen LogP) is 3.25. The van der Waals surface area contributed by atoms with E-state index in [4.69, 9.17) is 4.74 Å². The van der Waals surface area contributed by atoms with Crippen molar-refractivity contribution in [3.8, 4) is 0 Å². The normalized spacial score (nSPS) is 15.8. The highest BCUT2D eigenvalue weighted by atomic mass is 32.2. The quantitative estimate of drug-likeness (QED) is 0.511. The SMILES string of the molecule is CCCNc1cc(NCC2(CCOC)CC2)nc(SC)n1. The van der Waals surface area contributed by atoms with Crippen molar-refractivity contribution in [3.63, 3.8) is 0 Å². The molecule has 0 aromatic carbocycles. The van der Waals surface area contributed by atoms with Crippen LogP contribution in [0.3, 0.4) is 0 Å². The second-order valence-corrected chi connectivity index (χ2v) is 6.42. The van der Waals surface area contributed by atoms with Gasteiger partial charge in [0.1, 0.15) is 11.6 Å². The molecule has 1 fully saturated rings. The van der Waals surface area contributed by atoms with Crippen LogP contribution in [0.15, 0.2) is 11.2 Å². The Morgan fingerprint density at radius 3 is 2.57 bits per heavy atom. The number of anilines is 2. The largest absolute Gasteiger partial charge is 0.385 e. The number of rotatable bonds is 10. The molecule has 6 heteroatoms. The Hall–Kier alpha value is -1.01. The van der Waals surface area contributed by atoms with Crippen molar-refractivity contribution in [2.75, 3.05) is 43.7 Å². The molecule has 1 heterocycles. The van der Waals surface area contributed by atoms with Crippen LogP contribution < -0.4 is 10.6 Å². The van der Waals surface area contributed by atoms with E-state index in [9.17, 15) is 0 Å². The van der Waals surface area contributed by atoms with Gasteiger partial charge in [-0.2, -0.15) is 0 Å². The molecule has 0 spiro atoms. The number of ether oxygens (including phenoxy) is 1. The van der Waals surface area contributed by atoms with Crippen LogP contribution in [0.5, 0.6) is 0 Å². The third-order valence-corrected chi connectivity index (χ3v) is 4.43. The van der Waals surface area contributed by atoms with E-state index in [1.807, 2.05) is 12.3 Å². The number of nitrogens with zero attached hydrogens (tertiary/aromatic N) is 2. The lowest BCUT2D eigenvalue weighted by Gasteiger charge is -2.16. The van der Waals surface area contributed by atoms with Gasteiger partial charge in [-0.25, -0.2) is 9.97 Å². The summed E-state index contributed by atoms with van der Waals surface area (Å²) in [6.45, 7) is 4.89. The summed E-state index contributed by atoms with van der Waals surface area (Å²) >= 11 is 1.57. The van der Waals surface area contributed by atoms with E-state index in [0.717, 1.165) is 49.3 Å². The molecule has 1 aromatic rings. The van der Waals surface area contributed by atoms with Gasteiger partial charge in [0.2, 0.25) is 0 Å². The fourth-order valence-electron chi connectivity index (χ4n) is 2.24. The molecule has 21 heavy (non-hydrogen) atoms. The van der Waals surface area contributed by atoms with Gasteiger partial charge in [-0.1, -0.05) is 18.7 Å². The predicted molar refractivity (Wildman–Crippen MR) is 89.2 cm³/mol. The number of hydrogen-bond donors (Lipinski definition) is 2. The minimum atomic E-state index is 0.414. The van der Waals surface area contributed by atoms with Gasteiger partial charge in [0.25, 0.3) is 0 Å². The Morgan fingerprint density at radius 1 is 1.29 bits per heavy atom. The van der Waals surface area contributed by atoms with Crippen LogP contribution in [0.1, 0.15) is 32.6 Å². The minimum Gasteiger partial charge on any atom is -0.385 e. The lowest BCUT2D eigenvalue weighted by Crippen LogP contribution is -2.18. The first-order chi connectivity index (χ1) is 10.2. The van der Waals surface area contributed by atoms with Gasteiger partial charge in [0, 0.05) is 32.9 Å². The zero-order valence-electron chi connectivity index (χ0n) is 13.2. The Kier molecular flexibility index (Phi) is 6.11. The van der Waals surface area contributed by atoms with E-state index < -0.39 is 0 Å². The number of methoxy groups -OCH3 is 1. The van der Waals surface area contributed by atoms with Gasteiger partial charge < -0.3 is 15.4 Å². The fourth-order valence-corrected chi connectivity index (χ4v) is 2.62. The molecule has 1 aromatic heterocycles. The van der Waals surface area contributed by atoms with E-state index in [0.29, 0.717) is 5.41 Å². The molecular formula is C15H26N4OS. The second-order valence-electron chi connectivity index (χ2n) is 5.65. The Balaban J connectivity index is 1.95. The van der Waals surface area contributed by atoms with Gasteiger partial charge in [0.15, 0.2) is 5.16 Å². The molecule has 0 radical (unpaired) electrons. The Morgan fingerprint density at radius 2 is 2.00 bits per heavy atom. The highest BCUT2D eigenvalue weighted by Gasteiger charge is 2.41. The molecule has 2 rings (SSSR count). The summed E-state index contributed by atoms with van der Waals surface area (Å²) in [4.78, 5) is 9.02. The van der Waals surface area contributed by atoms with Gasteiger partial charge in [-0.15, -0.1) is 0 Å². The third-order valence-electron chi connectivity index (χ3n) is 3.88. The highest BCUT2D eigenvalue weighted by molar-refractivity contribution is 7.98. The smallest absolute Gasteiger partial charge is 0.191 e. The maximum Gasteiger partial charge on any atom is 0.191 e. The lowest BCUT2D eigenvalue weighted by atomic mass is 10.0. The van der Waals surface area contributed by atoms with Crippen molar-refractivity contribution in [2.24, 2.45) is 5.41 Å². The summed E-state index contributed by atoms with van der Waals surface area (Å²) < 4.78 is 5.20. The first kappa shape index (κ1) is 16.4. The van der Waals surface area contributed by atoms with Crippen LogP contribution in [-0.2, 0) is 4.74 Å². The van der Waals surface area contributed by atoms with E-state index in [-0.39, 0.29) is 0 Å². The van der Waals surface area contributed by atoms with Crippen LogP contribution in [0.25, 0.3) is 0 Å². The molecule has 0 aliphatic heterocycles. The molecule has 1 aliphatic rings. The molecule has 0 unspecified atom stereocenters. The number of thioether (sulfide) groups is 1. The number of nitrogens with one attached hydrogen (secondary N) is 2. The van der Waals surface area contributed by atoms with Crippen molar-refractivity contribution in [2.45, 2.75) is 37.8 Å². The third kappa shape index (κ3) is 5.04. The highest BCUT2D eigenvalue weighted by Crippen LogP contribution is 2.48. The fraction of sp³-hybridized carbons (Fsp3) is 0.733. The summed E-state index contributed by atoms with van der Waals surface area (Å²) in [6.07, 6.45) is 6.78. The van der Waals surface area contributed by atoms with Gasteiger partial charge in [-0.05, 0) is 37.4 Å². The van der Waals surface area contributed by atoms with Crippen molar-refractivity contribution >= 4 is 23.4 Å². The molecule has 1 saturated carbocycles. The van der Waals surface area contributed by atoms with Crippen molar-refractivity contribution in [1.82, 2.24) is 9.97 Å². The standard InChI is InChI=1S/C15H26N4OS/c1-4-8-16-12-10-13(19-14(18-12)21-3)17-11-15(5-6-15)7-9-20-2/h10H,4-9,11H2,1-3H3,(H2,16,17,18,19). The molecule has 5 nitrogen and oxygen atoms in total. The summed E-state index contributed by atoms with van der Waals surface area (Å²) in [7, 11) is 1.77. The number of aromatic nitrogens is 2. The van der Waals surface area contributed by atoms with Crippen LogP contribution in [0.2, 0.25) is 0 Å². The summed E-state index contributed by atoms with van der Waals surface area (Å²) in [5.74, 6) is 1.82. The van der Waals surface area contributed by atoms with Gasteiger partial charge in [-0.3, -0.25) is 0 Å². The first-order valence-electron chi connectivity index (χ1n) is 7.61. The number of hydrogen-bond acceptors (Lipinski definition) is 6. The first-order valence-corrected chi connectivity index (χ1v) is 8.83. The monoisotopic (exact) mass is 310 g/mol. The minimum absolute atomic E-state index is 0.414. The van der Waals surface area contributed by atoms with Gasteiger partial charge in [0.05, 0.1) is 0 Å². The molecular weight excluding hydrogens is 284 g/mol. The van der Waals surface area contributed by atoms with Crippen LogP contribution >= 0.6 is 11.8 Å². The van der Waals surface area contributed by atoms with Crippen molar-refractivity contribution in [3.05, 3.63) is 6.07 Å². The summed E-state index contributed by atoms with van der Waals surface area (Å²) in [5.41, 5.74) is 0.414. The molecule has 0 atom stereocenters. The van der Waals surface area contributed by atoms with Gasteiger partial charge >= 0.3 is 0 Å². The van der Waals surface area contributed by atoms with Crippen LogP contribution in [0.4, 0.5) is 11.6 Å². The van der Waals surface area contributed by atoms with Crippen molar-refractivity contribution in [1.29, 1.82) is 0 Å². The van der Waals surface area contributed by atoms with Crippen LogP contribution in [-0.4, -0.2) is 43.0 Å². The van der Waals surface area contributed by atoms with Crippen LogP contribution in [0, 0.1) is 5.41 Å². The average molecular weight is 310 g/mol. The molecule has 118 valence electrons. The lowest BCUT2D eigenvalue weighted by molar-refractivity contribution is 0.175. The zero-order valence-corrected chi connectivity index (χ0v) is 14.1. The maximum atomic E-state index is 5.20. The molecule has 0 saturated heterocycles. The van der Waals surface area contributed by atoms with E-state index in [1.165, 1.54) is 12.8 Å². The molecule has 2 N–H and O–H groups in total.